The topological polar surface area (TPSA) is 66.0 Å². The third kappa shape index (κ3) is 8.23. The van der Waals surface area contributed by atoms with Gasteiger partial charge in [-0.1, -0.05) is 26.0 Å². The molecule has 2 aliphatic rings. The highest BCUT2D eigenvalue weighted by molar-refractivity contribution is 6.62. The molecule has 0 bridgehead atoms. The maximum atomic E-state index is 12.6. The molecule has 1 N–H and O–H groups in total. The quantitative estimate of drug-likeness (QED) is 0.239. The lowest BCUT2D eigenvalue weighted by Crippen LogP contribution is -2.41. The van der Waals surface area contributed by atoms with Gasteiger partial charge in [-0.25, -0.2) is 0 Å². The van der Waals surface area contributed by atoms with Crippen LogP contribution in [0.15, 0.2) is 24.3 Å². The van der Waals surface area contributed by atoms with Crippen molar-refractivity contribution in [2.24, 2.45) is 5.92 Å². The molecule has 0 spiro atoms. The highest BCUT2D eigenvalue weighted by Gasteiger charge is 2.51. The molecule has 2 fully saturated rings. The molecule has 0 unspecified atom stereocenters. The standard InChI is InChI=1S/C28H46BNO5/c1-21(2)20-25(26(31)33-24-12-8-9-13-24)30-18-10-7-11-19-32-23-16-14-22(15-17-23)29-34-27(3,4)28(5,6)35-29/h14-17,21,24-25,30H,7-13,18-20H2,1-6H3/t25-/m1/s1. The number of nitrogens with one attached hydrogen (secondary N) is 1. The van der Waals surface area contributed by atoms with E-state index in [9.17, 15) is 4.79 Å². The van der Waals surface area contributed by atoms with E-state index in [0.29, 0.717) is 12.5 Å². The van der Waals surface area contributed by atoms with Crippen molar-refractivity contribution in [3.8, 4) is 5.75 Å². The Morgan fingerprint density at radius 3 is 2.26 bits per heavy atom. The molecule has 1 atom stereocenters. The molecule has 1 saturated heterocycles. The zero-order valence-corrected chi connectivity index (χ0v) is 22.7. The van der Waals surface area contributed by atoms with Crippen molar-refractivity contribution < 1.29 is 23.6 Å². The van der Waals surface area contributed by atoms with Crippen LogP contribution in [0.5, 0.6) is 5.75 Å². The molecular formula is C28H46BNO5. The fraction of sp³-hybridized carbons (Fsp3) is 0.750. The molecule has 1 saturated carbocycles. The third-order valence-electron chi connectivity index (χ3n) is 7.46. The van der Waals surface area contributed by atoms with Crippen LogP contribution >= 0.6 is 0 Å². The van der Waals surface area contributed by atoms with Crippen LogP contribution < -0.4 is 15.5 Å². The van der Waals surface area contributed by atoms with Crippen molar-refractivity contribution >= 4 is 18.6 Å². The number of carbonyl (C=O) groups is 1. The van der Waals surface area contributed by atoms with Crippen molar-refractivity contribution in [3.63, 3.8) is 0 Å². The first-order chi connectivity index (χ1) is 16.6. The number of hydrogen-bond donors (Lipinski definition) is 1. The van der Waals surface area contributed by atoms with Gasteiger partial charge in [-0.3, -0.25) is 4.79 Å². The van der Waals surface area contributed by atoms with Crippen LogP contribution in [0.1, 0.15) is 92.9 Å². The molecule has 1 aromatic rings. The summed E-state index contributed by atoms with van der Waals surface area (Å²) in [5.74, 6) is 1.24. The number of hydrogen-bond acceptors (Lipinski definition) is 6. The lowest BCUT2D eigenvalue weighted by molar-refractivity contribution is -0.151. The minimum absolute atomic E-state index is 0.0714. The maximum absolute atomic E-state index is 12.6. The van der Waals surface area contributed by atoms with Crippen LogP contribution in [0.3, 0.4) is 0 Å². The molecule has 0 radical (unpaired) electrons. The van der Waals surface area contributed by atoms with E-state index >= 15 is 0 Å². The molecule has 1 aliphatic heterocycles. The lowest BCUT2D eigenvalue weighted by Gasteiger charge is -2.32. The number of rotatable bonds is 13. The molecule has 196 valence electrons. The Kier molecular flexibility index (Phi) is 10.1. The van der Waals surface area contributed by atoms with Crippen LogP contribution in [0.4, 0.5) is 0 Å². The van der Waals surface area contributed by atoms with E-state index in [4.69, 9.17) is 18.8 Å². The molecule has 6 nitrogen and oxygen atoms in total. The second kappa shape index (κ2) is 12.6. The summed E-state index contributed by atoms with van der Waals surface area (Å²) in [4.78, 5) is 12.6. The van der Waals surface area contributed by atoms with E-state index in [1.807, 2.05) is 24.3 Å². The number of benzene rings is 1. The molecule has 3 rings (SSSR count). The Morgan fingerprint density at radius 1 is 1.03 bits per heavy atom. The van der Waals surface area contributed by atoms with Crippen molar-refractivity contribution in [2.75, 3.05) is 13.2 Å². The molecule has 1 heterocycles. The van der Waals surface area contributed by atoms with Gasteiger partial charge < -0.3 is 24.1 Å². The van der Waals surface area contributed by atoms with Crippen LogP contribution in [0.25, 0.3) is 0 Å². The SMILES string of the molecule is CC(C)C[C@@H](NCCCCCOc1ccc(B2OC(C)(C)C(C)(C)O2)cc1)C(=O)OC1CCCC1. The Morgan fingerprint density at radius 2 is 1.66 bits per heavy atom. The first kappa shape index (κ1) is 28.0. The molecular weight excluding hydrogens is 441 g/mol. The predicted molar refractivity (Wildman–Crippen MR) is 141 cm³/mol. The van der Waals surface area contributed by atoms with Gasteiger partial charge in [0.15, 0.2) is 0 Å². The van der Waals surface area contributed by atoms with Gasteiger partial charge in [0.2, 0.25) is 0 Å². The molecule has 7 heteroatoms. The molecule has 1 aliphatic carbocycles. The second-order valence-electron chi connectivity index (χ2n) is 11.5. The number of unbranched alkanes of at least 4 members (excludes halogenated alkanes) is 2. The van der Waals surface area contributed by atoms with Gasteiger partial charge in [0.25, 0.3) is 0 Å². The zero-order valence-electron chi connectivity index (χ0n) is 22.7. The van der Waals surface area contributed by atoms with Gasteiger partial charge in [-0.05, 0) is 109 Å². The summed E-state index contributed by atoms with van der Waals surface area (Å²) < 4.78 is 23.9. The minimum atomic E-state index is -0.350. The monoisotopic (exact) mass is 487 g/mol. The smallest absolute Gasteiger partial charge is 0.494 e. The molecule has 1 aromatic carbocycles. The Hall–Kier alpha value is -1.57. The average Bonchev–Trinajstić information content (AvgIpc) is 3.37. The van der Waals surface area contributed by atoms with Crippen molar-refractivity contribution in [2.45, 2.75) is 116 Å². The Balaban J connectivity index is 1.31. The predicted octanol–water partition coefficient (Wildman–Crippen LogP) is 5.03. The lowest BCUT2D eigenvalue weighted by atomic mass is 9.79. The average molecular weight is 487 g/mol. The van der Waals surface area contributed by atoms with Crippen LogP contribution in [-0.2, 0) is 18.8 Å². The normalized spacial score (nSPS) is 20.4. The number of ether oxygens (including phenoxy) is 2. The van der Waals surface area contributed by atoms with Gasteiger partial charge in [0, 0.05) is 0 Å². The van der Waals surface area contributed by atoms with E-state index in [1.54, 1.807) is 0 Å². The van der Waals surface area contributed by atoms with Gasteiger partial charge in [0.05, 0.1) is 17.8 Å². The van der Waals surface area contributed by atoms with Gasteiger partial charge in [0.1, 0.15) is 17.9 Å². The summed E-state index contributed by atoms with van der Waals surface area (Å²) in [5.41, 5.74) is 0.323. The number of esters is 1. The van der Waals surface area contributed by atoms with Gasteiger partial charge >= 0.3 is 13.1 Å². The van der Waals surface area contributed by atoms with Crippen LogP contribution in [-0.4, -0.2) is 49.6 Å². The van der Waals surface area contributed by atoms with E-state index in [1.165, 1.54) is 12.8 Å². The van der Waals surface area contributed by atoms with Crippen LogP contribution in [0.2, 0.25) is 0 Å². The summed E-state index contributed by atoms with van der Waals surface area (Å²) in [5, 5.41) is 3.44. The van der Waals surface area contributed by atoms with E-state index < -0.39 is 0 Å². The summed E-state index contributed by atoms with van der Waals surface area (Å²) in [6.45, 7) is 14.0. The number of carbonyl (C=O) groups excluding carboxylic acids is 1. The molecule has 35 heavy (non-hydrogen) atoms. The Labute approximate surface area is 213 Å². The van der Waals surface area contributed by atoms with E-state index in [-0.39, 0.29) is 36.4 Å². The molecule has 0 amide bonds. The highest BCUT2D eigenvalue weighted by Crippen LogP contribution is 2.36. The van der Waals surface area contributed by atoms with Crippen LogP contribution in [0, 0.1) is 5.92 Å². The van der Waals surface area contributed by atoms with Crippen molar-refractivity contribution in [3.05, 3.63) is 24.3 Å². The summed E-state index contributed by atoms with van der Waals surface area (Å²) in [6.07, 6.45) is 8.35. The zero-order chi connectivity index (χ0) is 25.5. The maximum Gasteiger partial charge on any atom is 0.494 e. The first-order valence-electron chi connectivity index (χ1n) is 13.6. The minimum Gasteiger partial charge on any atom is -0.494 e. The van der Waals surface area contributed by atoms with Crippen molar-refractivity contribution in [1.82, 2.24) is 5.32 Å². The summed E-state index contributed by atoms with van der Waals surface area (Å²) in [7, 11) is -0.350. The largest absolute Gasteiger partial charge is 0.494 e. The van der Waals surface area contributed by atoms with Gasteiger partial charge in [-0.2, -0.15) is 0 Å². The van der Waals surface area contributed by atoms with Gasteiger partial charge in [-0.15, -0.1) is 0 Å². The fourth-order valence-corrected chi connectivity index (χ4v) is 4.56. The molecule has 0 aromatic heterocycles. The highest BCUT2D eigenvalue weighted by atomic mass is 16.7. The summed E-state index contributed by atoms with van der Waals surface area (Å²) in [6, 6.07) is 7.79. The third-order valence-corrected chi connectivity index (χ3v) is 7.46. The Bertz CT molecular complexity index is 773. The van der Waals surface area contributed by atoms with E-state index in [2.05, 4.69) is 46.9 Å². The summed E-state index contributed by atoms with van der Waals surface area (Å²) >= 11 is 0. The fourth-order valence-electron chi connectivity index (χ4n) is 4.56. The van der Waals surface area contributed by atoms with Crippen molar-refractivity contribution in [1.29, 1.82) is 0 Å². The first-order valence-corrected chi connectivity index (χ1v) is 13.6. The van der Waals surface area contributed by atoms with E-state index in [0.717, 1.165) is 56.3 Å². The second-order valence-corrected chi connectivity index (χ2v) is 11.5.